The summed E-state index contributed by atoms with van der Waals surface area (Å²) in [6.45, 7) is 0. The van der Waals surface area contributed by atoms with E-state index in [1.54, 1.807) is 0 Å². The second kappa shape index (κ2) is 15.3. The van der Waals surface area contributed by atoms with Crippen molar-refractivity contribution in [1.29, 1.82) is 0 Å². The molecule has 3 nitrogen and oxygen atoms in total. The molecule has 0 saturated carbocycles. The maximum atomic E-state index is 5.51. The SMILES string of the molecule is c1ccc(-c2cccc(-c3nc(-c4cccc(-c5cccc(-c6c7ccccc7c(-c7ccccc7)c7ccccc67)c5)c4)nc4c3c3ccccc3n4-c3ccccc3)c2)cc1. The maximum Gasteiger partial charge on any atom is 0.162 e. The average Bonchev–Trinajstić information content (AvgIpc) is 3.70. The summed E-state index contributed by atoms with van der Waals surface area (Å²) in [4.78, 5) is 11.0. The van der Waals surface area contributed by atoms with Crippen molar-refractivity contribution in [2.24, 2.45) is 0 Å². The lowest BCUT2D eigenvalue weighted by Crippen LogP contribution is -1.99. The fourth-order valence-corrected chi connectivity index (χ4v) is 9.55. The van der Waals surface area contributed by atoms with Gasteiger partial charge in [0.05, 0.1) is 16.6 Å². The molecule has 0 atom stereocenters. The summed E-state index contributed by atoms with van der Waals surface area (Å²) < 4.78 is 2.28. The molecule has 63 heavy (non-hydrogen) atoms. The molecular weight excluding hydrogens is 763 g/mol. The second-order valence-corrected chi connectivity index (χ2v) is 16.1. The molecule has 0 aliphatic rings. The Morgan fingerprint density at radius 2 is 0.698 bits per heavy atom. The highest BCUT2D eigenvalue weighted by atomic mass is 15.1. The van der Waals surface area contributed by atoms with E-state index in [0.29, 0.717) is 5.82 Å². The summed E-state index contributed by atoms with van der Waals surface area (Å²) in [6, 6.07) is 84.6. The van der Waals surface area contributed by atoms with Crippen LogP contribution in [0, 0.1) is 0 Å². The van der Waals surface area contributed by atoms with Crippen LogP contribution in [0.15, 0.2) is 237 Å². The van der Waals surface area contributed by atoms with Crippen molar-refractivity contribution in [2.75, 3.05) is 0 Å². The quantitative estimate of drug-likeness (QED) is 0.150. The molecule has 0 N–H and O–H groups in total. The third kappa shape index (κ3) is 6.29. The Labute approximate surface area is 365 Å². The van der Waals surface area contributed by atoms with E-state index in [0.717, 1.165) is 61.1 Å². The molecule has 0 fully saturated rings. The van der Waals surface area contributed by atoms with Gasteiger partial charge in [-0.3, -0.25) is 4.57 Å². The Morgan fingerprint density at radius 1 is 0.286 bits per heavy atom. The van der Waals surface area contributed by atoms with Gasteiger partial charge in [0.2, 0.25) is 0 Å². The first-order valence-corrected chi connectivity index (χ1v) is 21.5. The van der Waals surface area contributed by atoms with Gasteiger partial charge in [0.25, 0.3) is 0 Å². The van der Waals surface area contributed by atoms with Crippen molar-refractivity contribution in [1.82, 2.24) is 14.5 Å². The summed E-state index contributed by atoms with van der Waals surface area (Å²) in [7, 11) is 0. The highest BCUT2D eigenvalue weighted by Gasteiger charge is 2.22. The van der Waals surface area contributed by atoms with E-state index in [4.69, 9.17) is 9.97 Å². The molecule has 2 aromatic heterocycles. The highest BCUT2D eigenvalue weighted by molar-refractivity contribution is 6.21. The van der Waals surface area contributed by atoms with Crippen molar-refractivity contribution in [3.8, 4) is 72.8 Å². The molecule has 3 heteroatoms. The third-order valence-electron chi connectivity index (χ3n) is 12.4. The van der Waals surface area contributed by atoms with Crippen LogP contribution in [0.1, 0.15) is 0 Å². The van der Waals surface area contributed by atoms with Crippen LogP contribution in [0.25, 0.3) is 116 Å². The number of nitrogens with zero attached hydrogens (tertiary/aromatic N) is 3. The van der Waals surface area contributed by atoms with Crippen LogP contribution in [0.5, 0.6) is 0 Å². The van der Waals surface area contributed by atoms with Crippen LogP contribution in [0.3, 0.4) is 0 Å². The van der Waals surface area contributed by atoms with E-state index in [9.17, 15) is 0 Å². The molecule has 0 aliphatic heterocycles. The van der Waals surface area contributed by atoms with Gasteiger partial charge in [-0.2, -0.15) is 0 Å². The minimum atomic E-state index is 0.675. The molecule has 12 aromatic rings. The van der Waals surface area contributed by atoms with Crippen molar-refractivity contribution < 1.29 is 0 Å². The molecule has 0 spiro atoms. The molecule has 10 aromatic carbocycles. The zero-order valence-corrected chi connectivity index (χ0v) is 34.4. The van der Waals surface area contributed by atoms with Crippen molar-refractivity contribution in [2.45, 2.75) is 0 Å². The molecule has 12 rings (SSSR count). The first-order valence-electron chi connectivity index (χ1n) is 21.5. The molecule has 2 heterocycles. The number of benzene rings is 10. The third-order valence-corrected chi connectivity index (χ3v) is 12.4. The molecule has 0 unspecified atom stereocenters. The van der Waals surface area contributed by atoms with Gasteiger partial charge in [0.15, 0.2) is 5.82 Å². The van der Waals surface area contributed by atoms with E-state index in [1.165, 1.54) is 49.4 Å². The summed E-state index contributed by atoms with van der Waals surface area (Å²) >= 11 is 0. The van der Waals surface area contributed by atoms with Crippen molar-refractivity contribution in [3.05, 3.63) is 237 Å². The highest BCUT2D eigenvalue weighted by Crippen LogP contribution is 2.45. The Bertz CT molecular complexity index is 3610. The van der Waals surface area contributed by atoms with Crippen LogP contribution in [-0.4, -0.2) is 14.5 Å². The number of rotatable bonds is 7. The number of aromatic nitrogens is 3. The maximum absolute atomic E-state index is 5.51. The monoisotopic (exact) mass is 801 g/mol. The number of hydrogen-bond acceptors (Lipinski definition) is 2. The van der Waals surface area contributed by atoms with Gasteiger partial charge in [-0.25, -0.2) is 9.97 Å². The van der Waals surface area contributed by atoms with Gasteiger partial charge in [-0.15, -0.1) is 0 Å². The minimum Gasteiger partial charge on any atom is -0.294 e. The van der Waals surface area contributed by atoms with E-state index in [-0.39, 0.29) is 0 Å². The Morgan fingerprint density at radius 3 is 1.32 bits per heavy atom. The summed E-state index contributed by atoms with van der Waals surface area (Å²) in [5.74, 6) is 0.675. The molecular formula is C60H39N3. The van der Waals surface area contributed by atoms with Gasteiger partial charge in [0, 0.05) is 22.2 Å². The van der Waals surface area contributed by atoms with E-state index >= 15 is 0 Å². The van der Waals surface area contributed by atoms with E-state index in [2.05, 4.69) is 241 Å². The number of hydrogen-bond donors (Lipinski definition) is 0. The average molecular weight is 802 g/mol. The van der Waals surface area contributed by atoms with Crippen molar-refractivity contribution in [3.63, 3.8) is 0 Å². The molecule has 0 radical (unpaired) electrons. The molecule has 0 aliphatic carbocycles. The zero-order valence-electron chi connectivity index (χ0n) is 34.4. The first kappa shape index (κ1) is 36.5. The fourth-order valence-electron chi connectivity index (χ4n) is 9.55. The summed E-state index contributed by atoms with van der Waals surface area (Å²) in [5, 5.41) is 7.11. The predicted octanol–water partition coefficient (Wildman–Crippen LogP) is 15.9. The minimum absolute atomic E-state index is 0.675. The van der Waals surface area contributed by atoms with Crippen LogP contribution >= 0.6 is 0 Å². The van der Waals surface area contributed by atoms with Gasteiger partial charge in [-0.05, 0) is 102 Å². The van der Waals surface area contributed by atoms with Gasteiger partial charge in [0.1, 0.15) is 5.65 Å². The number of para-hydroxylation sites is 2. The fraction of sp³-hybridized carbons (Fsp3) is 0. The van der Waals surface area contributed by atoms with Crippen LogP contribution in [-0.2, 0) is 0 Å². The van der Waals surface area contributed by atoms with Crippen LogP contribution in [0.2, 0.25) is 0 Å². The second-order valence-electron chi connectivity index (χ2n) is 16.1. The smallest absolute Gasteiger partial charge is 0.162 e. The Kier molecular flexibility index (Phi) is 8.83. The summed E-state index contributed by atoms with van der Waals surface area (Å²) in [6.07, 6.45) is 0. The number of fused-ring (bicyclic) bond motifs is 5. The van der Waals surface area contributed by atoms with Crippen molar-refractivity contribution >= 4 is 43.5 Å². The van der Waals surface area contributed by atoms with E-state index < -0.39 is 0 Å². The first-order chi connectivity index (χ1) is 31.3. The molecule has 0 amide bonds. The molecule has 0 saturated heterocycles. The normalized spacial score (nSPS) is 11.5. The molecule has 294 valence electrons. The standard InChI is InChI=1S/C60H39N3/c1-4-19-40(20-5-1)42-23-17-27-46(38-42)58-57-53-35-14-15-36-54(53)63(48-29-8-3-9-30-48)60(57)62-59(61-58)47-28-18-25-44(39-47)43-24-16-26-45(37-43)56-51-33-12-10-31-49(51)55(41-21-6-2-7-22-41)50-32-11-13-34-52(50)56/h1-39H. The van der Waals surface area contributed by atoms with Gasteiger partial charge >= 0.3 is 0 Å². The topological polar surface area (TPSA) is 30.7 Å². The lowest BCUT2D eigenvalue weighted by molar-refractivity contribution is 1.11. The molecule has 0 bridgehead atoms. The Hall–Kier alpha value is -8.40. The van der Waals surface area contributed by atoms with Crippen LogP contribution < -0.4 is 0 Å². The Balaban J connectivity index is 1.05. The zero-order chi connectivity index (χ0) is 41.7. The lowest BCUT2D eigenvalue weighted by Gasteiger charge is -2.18. The summed E-state index contributed by atoms with van der Waals surface area (Å²) in [5.41, 5.74) is 15.4. The largest absolute Gasteiger partial charge is 0.294 e. The van der Waals surface area contributed by atoms with E-state index in [1.807, 2.05) is 0 Å². The van der Waals surface area contributed by atoms with Crippen LogP contribution in [0.4, 0.5) is 0 Å². The van der Waals surface area contributed by atoms with Gasteiger partial charge in [-0.1, -0.05) is 200 Å². The lowest BCUT2D eigenvalue weighted by atomic mass is 9.85. The predicted molar refractivity (Wildman–Crippen MR) is 264 cm³/mol. The van der Waals surface area contributed by atoms with Gasteiger partial charge < -0.3 is 0 Å².